The lowest BCUT2D eigenvalue weighted by Crippen LogP contribution is -2.62. The molecule has 0 aromatic heterocycles. The Kier molecular flexibility index (Phi) is 9.72. The molecule has 0 saturated carbocycles. The first-order valence-corrected chi connectivity index (χ1v) is 14.7. The van der Waals surface area contributed by atoms with Gasteiger partial charge >= 0.3 is 6.09 Å². The summed E-state index contributed by atoms with van der Waals surface area (Å²) in [5, 5.41) is 16.8. The Labute approximate surface area is 257 Å². The number of nitrogens with zero attached hydrogens (tertiary/aromatic N) is 1. The lowest BCUT2D eigenvalue weighted by atomic mass is 9.76. The predicted molar refractivity (Wildman–Crippen MR) is 167 cm³/mol. The Morgan fingerprint density at radius 2 is 1.20 bits per heavy atom. The first kappa shape index (κ1) is 30.5. The van der Waals surface area contributed by atoms with E-state index in [2.05, 4.69) is 10.6 Å². The zero-order chi connectivity index (χ0) is 30.9. The normalized spacial score (nSPS) is 21.0. The molecule has 1 heterocycles. The summed E-state index contributed by atoms with van der Waals surface area (Å²) in [4.78, 5) is 43.7. The molecule has 0 unspecified atom stereocenters. The lowest BCUT2D eigenvalue weighted by molar-refractivity contribution is -0.136. The van der Waals surface area contributed by atoms with E-state index in [0.29, 0.717) is 0 Å². The van der Waals surface area contributed by atoms with Crippen molar-refractivity contribution >= 4 is 17.9 Å². The average Bonchev–Trinajstić information content (AvgIpc) is 3.36. The van der Waals surface area contributed by atoms with Crippen LogP contribution >= 0.6 is 0 Å². The van der Waals surface area contributed by atoms with Gasteiger partial charge in [0.2, 0.25) is 11.8 Å². The van der Waals surface area contributed by atoms with Crippen molar-refractivity contribution in [3.05, 3.63) is 144 Å². The molecule has 1 fully saturated rings. The number of hydrogen-bond acceptors (Lipinski definition) is 5. The van der Waals surface area contributed by atoms with Crippen LogP contribution in [0.25, 0.3) is 0 Å². The molecule has 4 atom stereocenters. The van der Waals surface area contributed by atoms with E-state index in [9.17, 15) is 19.5 Å². The number of likely N-dealkylation sites (tertiary alicyclic amines) is 1. The van der Waals surface area contributed by atoms with Crippen LogP contribution in [0.2, 0.25) is 0 Å². The molecule has 0 aliphatic carbocycles. The molecule has 4 aromatic rings. The Morgan fingerprint density at radius 1 is 0.727 bits per heavy atom. The van der Waals surface area contributed by atoms with Gasteiger partial charge in [0, 0.05) is 31.5 Å². The highest BCUT2D eigenvalue weighted by atomic mass is 16.6. The van der Waals surface area contributed by atoms with Crippen LogP contribution in [0.3, 0.4) is 0 Å². The minimum absolute atomic E-state index is 0.0456. The van der Waals surface area contributed by atoms with Crippen molar-refractivity contribution in [2.75, 3.05) is 6.61 Å². The molecule has 226 valence electrons. The molecule has 1 aliphatic rings. The van der Waals surface area contributed by atoms with Crippen LogP contribution in [-0.4, -0.2) is 46.1 Å². The number of carbonyl (C=O) groups excluding carboxylic acids is 3. The van der Waals surface area contributed by atoms with Gasteiger partial charge < -0.3 is 20.5 Å². The maximum atomic E-state index is 14.2. The molecule has 8 heteroatoms. The molecule has 8 nitrogen and oxygen atoms in total. The average molecular weight is 592 g/mol. The highest BCUT2D eigenvalue weighted by Gasteiger charge is 2.64. The van der Waals surface area contributed by atoms with E-state index in [-0.39, 0.29) is 19.7 Å². The third-order valence-electron chi connectivity index (χ3n) is 8.39. The van der Waals surface area contributed by atoms with Crippen molar-refractivity contribution in [3.63, 3.8) is 0 Å². The summed E-state index contributed by atoms with van der Waals surface area (Å²) in [5.41, 5.74) is 1.62. The molecule has 1 aliphatic heterocycles. The zero-order valence-corrected chi connectivity index (χ0v) is 24.6. The van der Waals surface area contributed by atoms with Gasteiger partial charge in [-0.25, -0.2) is 4.79 Å². The van der Waals surface area contributed by atoms with E-state index in [1.165, 1.54) is 4.90 Å². The van der Waals surface area contributed by atoms with Gasteiger partial charge in [0.15, 0.2) is 0 Å². The minimum atomic E-state index is -1.63. The fourth-order valence-electron chi connectivity index (χ4n) is 6.08. The zero-order valence-electron chi connectivity index (χ0n) is 24.6. The third-order valence-corrected chi connectivity index (χ3v) is 8.39. The second-order valence-electron chi connectivity index (χ2n) is 11.1. The fraction of sp³-hybridized carbons (Fsp3) is 0.250. The van der Waals surface area contributed by atoms with Crippen LogP contribution < -0.4 is 10.6 Å². The summed E-state index contributed by atoms with van der Waals surface area (Å²) >= 11 is 0. The molecular formula is C36H37N3O5. The molecule has 1 saturated heterocycles. The molecule has 0 spiro atoms. The molecule has 3 amide bonds. The summed E-state index contributed by atoms with van der Waals surface area (Å²) in [6.45, 7) is 1.56. The fourth-order valence-corrected chi connectivity index (χ4v) is 6.08. The Bertz CT molecular complexity index is 1540. The van der Waals surface area contributed by atoms with Gasteiger partial charge in [-0.05, 0) is 29.2 Å². The Balaban J connectivity index is 1.54. The van der Waals surface area contributed by atoms with Gasteiger partial charge in [0.1, 0.15) is 18.2 Å². The van der Waals surface area contributed by atoms with E-state index < -0.39 is 47.9 Å². The minimum Gasteiger partial charge on any atom is -0.445 e. The first-order valence-electron chi connectivity index (χ1n) is 14.7. The molecule has 0 bridgehead atoms. The summed E-state index contributed by atoms with van der Waals surface area (Å²) in [5.74, 6) is -2.46. The lowest BCUT2D eigenvalue weighted by Gasteiger charge is -2.38. The second-order valence-corrected chi connectivity index (χ2v) is 11.1. The van der Waals surface area contributed by atoms with Crippen molar-refractivity contribution in [1.29, 1.82) is 0 Å². The molecule has 4 aromatic carbocycles. The van der Waals surface area contributed by atoms with Crippen LogP contribution in [0, 0.1) is 5.92 Å². The highest BCUT2D eigenvalue weighted by Crippen LogP contribution is 2.49. The summed E-state index contributed by atoms with van der Waals surface area (Å²) in [7, 11) is 0. The van der Waals surface area contributed by atoms with Crippen molar-refractivity contribution in [3.8, 4) is 0 Å². The maximum absolute atomic E-state index is 14.2. The van der Waals surface area contributed by atoms with Crippen LogP contribution in [0.4, 0.5) is 4.79 Å². The van der Waals surface area contributed by atoms with Gasteiger partial charge in [0.25, 0.3) is 0 Å². The number of amides is 3. The van der Waals surface area contributed by atoms with Crippen LogP contribution in [0.1, 0.15) is 35.1 Å². The van der Waals surface area contributed by atoms with E-state index in [0.717, 1.165) is 22.3 Å². The number of rotatable bonds is 10. The van der Waals surface area contributed by atoms with Gasteiger partial charge in [-0.3, -0.25) is 14.5 Å². The number of aliphatic hydroxyl groups is 1. The van der Waals surface area contributed by atoms with E-state index >= 15 is 0 Å². The van der Waals surface area contributed by atoms with Crippen LogP contribution in [0.5, 0.6) is 0 Å². The topological polar surface area (TPSA) is 108 Å². The predicted octanol–water partition coefficient (Wildman–Crippen LogP) is 4.79. The summed E-state index contributed by atoms with van der Waals surface area (Å²) in [6.07, 6.45) is -0.817. The van der Waals surface area contributed by atoms with Crippen LogP contribution in [0.15, 0.2) is 121 Å². The second kappa shape index (κ2) is 14.0. The quantitative estimate of drug-likeness (QED) is 0.246. The molecule has 5 rings (SSSR count). The molecule has 0 radical (unpaired) electrons. The number of aliphatic hydroxyl groups excluding tert-OH is 1. The number of benzene rings is 4. The monoisotopic (exact) mass is 591 g/mol. The summed E-state index contributed by atoms with van der Waals surface area (Å²) < 4.78 is 5.79. The summed E-state index contributed by atoms with van der Waals surface area (Å²) in [6, 6.07) is 36.2. The van der Waals surface area contributed by atoms with Gasteiger partial charge in [-0.1, -0.05) is 121 Å². The Morgan fingerprint density at radius 3 is 1.73 bits per heavy atom. The Hall–Kier alpha value is -4.95. The van der Waals surface area contributed by atoms with Gasteiger partial charge in [0.05, 0.1) is 0 Å². The van der Waals surface area contributed by atoms with Gasteiger partial charge in [-0.15, -0.1) is 0 Å². The van der Waals surface area contributed by atoms with Crippen molar-refractivity contribution < 1.29 is 24.2 Å². The number of ether oxygens (including phenoxy) is 1. The third kappa shape index (κ3) is 6.50. The largest absolute Gasteiger partial charge is 0.445 e. The molecular weight excluding hydrogens is 554 g/mol. The van der Waals surface area contributed by atoms with Crippen LogP contribution in [-0.2, 0) is 34.0 Å². The SMILES string of the molecule is C[C@]1(C(=O)NCc2ccccc2)[C@@H](CO)[C@H](c2ccccc2)[C@@H](C(=O)NCc2ccccc2)N1C(=O)OCc1ccccc1. The maximum Gasteiger partial charge on any atom is 0.411 e. The molecule has 44 heavy (non-hydrogen) atoms. The van der Waals surface area contributed by atoms with Crippen molar-refractivity contribution in [2.24, 2.45) is 5.92 Å². The van der Waals surface area contributed by atoms with Crippen molar-refractivity contribution in [2.45, 2.75) is 44.1 Å². The van der Waals surface area contributed by atoms with E-state index in [1.807, 2.05) is 121 Å². The highest BCUT2D eigenvalue weighted by molar-refractivity contribution is 5.96. The van der Waals surface area contributed by atoms with E-state index in [1.54, 1.807) is 6.92 Å². The van der Waals surface area contributed by atoms with Crippen molar-refractivity contribution in [1.82, 2.24) is 15.5 Å². The number of hydrogen-bond donors (Lipinski definition) is 3. The van der Waals surface area contributed by atoms with Gasteiger partial charge in [-0.2, -0.15) is 0 Å². The number of carbonyl (C=O) groups is 3. The molecule has 3 N–H and O–H groups in total. The number of nitrogens with one attached hydrogen (secondary N) is 2. The smallest absolute Gasteiger partial charge is 0.411 e. The van der Waals surface area contributed by atoms with E-state index in [4.69, 9.17) is 4.74 Å². The standard InChI is InChI=1S/C36H37N3O5/c1-36(34(42)38-23-27-16-8-3-9-17-27)30(24-40)31(29-20-12-5-13-21-29)32(33(41)37-22-26-14-6-2-7-15-26)39(36)35(43)44-25-28-18-10-4-11-19-28/h2-21,30-32,40H,22-25H2,1H3,(H,37,41)(H,38,42)/t30-,31-,32-,36+/m0/s1. The first-order chi connectivity index (χ1) is 21.4.